The van der Waals surface area contributed by atoms with Gasteiger partial charge < -0.3 is 9.80 Å². The van der Waals surface area contributed by atoms with Gasteiger partial charge in [-0.05, 0) is 5.92 Å². The van der Waals surface area contributed by atoms with Crippen molar-refractivity contribution in [3.05, 3.63) is 0 Å². The summed E-state index contributed by atoms with van der Waals surface area (Å²) in [5.74, 6) is 1.14. The first-order chi connectivity index (χ1) is 7.58. The number of nitrogens with zero attached hydrogens (tertiary/aromatic N) is 2. The van der Waals surface area contributed by atoms with Gasteiger partial charge in [0.05, 0.1) is 0 Å². The van der Waals surface area contributed by atoms with Crippen molar-refractivity contribution in [2.75, 3.05) is 32.7 Å². The second kappa shape index (κ2) is 4.36. The van der Waals surface area contributed by atoms with Crippen LogP contribution in [0.15, 0.2) is 0 Å². The first-order valence-corrected chi connectivity index (χ1v) is 6.58. The molecule has 0 N–H and O–H groups in total. The van der Waals surface area contributed by atoms with E-state index in [0.29, 0.717) is 17.7 Å². The molecule has 1 unspecified atom stereocenters. The van der Waals surface area contributed by atoms with Crippen molar-refractivity contribution in [3.8, 4) is 0 Å². The summed E-state index contributed by atoms with van der Waals surface area (Å²) in [5.41, 5.74) is 0.484. The van der Waals surface area contributed by atoms with Crippen LogP contribution in [0.25, 0.3) is 0 Å². The lowest BCUT2D eigenvalue weighted by Gasteiger charge is -2.60. The van der Waals surface area contributed by atoms with Crippen molar-refractivity contribution in [1.82, 2.24) is 9.80 Å². The molecule has 0 saturated carbocycles. The van der Waals surface area contributed by atoms with Crippen molar-refractivity contribution in [3.63, 3.8) is 0 Å². The first kappa shape index (κ1) is 11.9. The van der Waals surface area contributed by atoms with E-state index in [9.17, 15) is 4.79 Å². The van der Waals surface area contributed by atoms with Crippen molar-refractivity contribution in [2.24, 2.45) is 11.3 Å². The Labute approximate surface area is 98.8 Å². The predicted molar refractivity (Wildman–Crippen MR) is 65.2 cm³/mol. The molecule has 0 aromatic carbocycles. The zero-order valence-corrected chi connectivity index (χ0v) is 10.8. The maximum absolute atomic E-state index is 11.4. The molecule has 0 aromatic rings. The molecule has 0 radical (unpaired) electrons. The predicted octanol–water partition coefficient (Wildman–Crippen LogP) is 1.59. The fraction of sp³-hybridized carbons (Fsp3) is 0.923. The van der Waals surface area contributed by atoms with Crippen LogP contribution < -0.4 is 0 Å². The van der Waals surface area contributed by atoms with Crippen LogP contribution in [0.4, 0.5) is 0 Å². The second-order valence-corrected chi connectivity index (χ2v) is 5.79. The van der Waals surface area contributed by atoms with Crippen LogP contribution in [0.5, 0.6) is 0 Å². The number of carbonyl (C=O) groups excluding carboxylic acids is 1. The summed E-state index contributed by atoms with van der Waals surface area (Å²) in [6.07, 6.45) is 1.93. The third-order valence-corrected chi connectivity index (χ3v) is 4.09. The minimum absolute atomic E-state index is 0.325. The minimum atomic E-state index is 0.325. The van der Waals surface area contributed by atoms with Crippen LogP contribution in [0.2, 0.25) is 0 Å². The number of hydrogen-bond donors (Lipinski definition) is 0. The van der Waals surface area contributed by atoms with E-state index >= 15 is 0 Å². The van der Waals surface area contributed by atoms with E-state index < -0.39 is 0 Å². The Balaban J connectivity index is 1.68. The lowest BCUT2D eigenvalue weighted by Crippen LogP contribution is -2.73. The van der Waals surface area contributed by atoms with E-state index in [-0.39, 0.29) is 0 Å². The number of likely N-dealkylation sites (tertiary alicyclic amines) is 2. The monoisotopic (exact) mass is 224 g/mol. The Hall–Kier alpha value is -0.570. The van der Waals surface area contributed by atoms with Gasteiger partial charge in [0.25, 0.3) is 0 Å². The Morgan fingerprint density at radius 2 is 1.88 bits per heavy atom. The van der Waals surface area contributed by atoms with E-state index in [1.165, 1.54) is 26.1 Å². The van der Waals surface area contributed by atoms with Crippen LogP contribution in [-0.4, -0.2) is 48.4 Å². The van der Waals surface area contributed by atoms with E-state index in [1.54, 1.807) is 0 Å². The Kier molecular flexibility index (Phi) is 3.24. The van der Waals surface area contributed by atoms with Gasteiger partial charge in [0.1, 0.15) is 0 Å². The molecule has 2 heterocycles. The van der Waals surface area contributed by atoms with Crippen LogP contribution in [0.3, 0.4) is 0 Å². The highest BCUT2D eigenvalue weighted by Gasteiger charge is 2.52. The molecule has 1 amide bonds. The maximum Gasteiger partial charge on any atom is 0.222 e. The second-order valence-electron chi connectivity index (χ2n) is 5.79. The molecule has 16 heavy (non-hydrogen) atoms. The Morgan fingerprint density at radius 3 is 2.38 bits per heavy atom. The standard InChI is InChI=1S/C13H24N2O/c1-4-11(3)6-14-7-13(8-14)9-15(10-13)12(16)5-2/h11H,4-10H2,1-3H3. The molecule has 0 bridgehead atoms. The molecule has 92 valence electrons. The van der Waals surface area contributed by atoms with Gasteiger partial charge in [0.15, 0.2) is 0 Å². The van der Waals surface area contributed by atoms with E-state index in [0.717, 1.165) is 19.0 Å². The molecule has 2 saturated heterocycles. The molecule has 0 aromatic heterocycles. The average Bonchev–Trinajstić information content (AvgIpc) is 2.18. The molecule has 0 aliphatic carbocycles. The first-order valence-electron chi connectivity index (χ1n) is 6.58. The summed E-state index contributed by atoms with van der Waals surface area (Å²) in [5, 5.41) is 0. The largest absolute Gasteiger partial charge is 0.341 e. The lowest BCUT2D eigenvalue weighted by atomic mass is 9.72. The summed E-state index contributed by atoms with van der Waals surface area (Å²) in [6, 6.07) is 0. The van der Waals surface area contributed by atoms with Crippen LogP contribution in [0.1, 0.15) is 33.6 Å². The van der Waals surface area contributed by atoms with Gasteiger partial charge in [0, 0.05) is 44.6 Å². The van der Waals surface area contributed by atoms with Crippen LogP contribution >= 0.6 is 0 Å². The molecular formula is C13H24N2O. The highest BCUT2D eigenvalue weighted by molar-refractivity contribution is 5.77. The fourth-order valence-electron chi connectivity index (χ4n) is 2.96. The zero-order valence-electron chi connectivity index (χ0n) is 10.8. The molecule has 2 aliphatic heterocycles. The van der Waals surface area contributed by atoms with Crippen molar-refractivity contribution < 1.29 is 4.79 Å². The molecule has 1 spiro atoms. The summed E-state index contributed by atoms with van der Waals surface area (Å²) >= 11 is 0. The van der Waals surface area contributed by atoms with Gasteiger partial charge in [0.2, 0.25) is 5.91 Å². The molecule has 2 rings (SSSR count). The number of amides is 1. The van der Waals surface area contributed by atoms with Gasteiger partial charge in [-0.3, -0.25) is 4.79 Å². The maximum atomic E-state index is 11.4. The van der Waals surface area contributed by atoms with Gasteiger partial charge in [-0.15, -0.1) is 0 Å². The van der Waals surface area contributed by atoms with Crippen LogP contribution in [-0.2, 0) is 4.79 Å². The minimum Gasteiger partial charge on any atom is -0.341 e. The lowest BCUT2D eigenvalue weighted by molar-refractivity contribution is -0.159. The summed E-state index contributed by atoms with van der Waals surface area (Å²) in [6.45, 7) is 12.2. The van der Waals surface area contributed by atoms with E-state index in [1.807, 2.05) is 11.8 Å². The molecule has 2 aliphatic rings. The quantitative estimate of drug-likeness (QED) is 0.724. The van der Waals surface area contributed by atoms with Crippen molar-refractivity contribution in [1.29, 1.82) is 0 Å². The third kappa shape index (κ3) is 2.10. The number of carbonyl (C=O) groups is 1. The number of hydrogen-bond acceptors (Lipinski definition) is 2. The summed E-state index contributed by atoms with van der Waals surface area (Å²) < 4.78 is 0. The van der Waals surface area contributed by atoms with Crippen LogP contribution in [0, 0.1) is 11.3 Å². The van der Waals surface area contributed by atoms with Crippen molar-refractivity contribution in [2.45, 2.75) is 33.6 Å². The van der Waals surface area contributed by atoms with E-state index in [4.69, 9.17) is 0 Å². The Bertz CT molecular complexity index is 263. The Morgan fingerprint density at radius 1 is 1.25 bits per heavy atom. The van der Waals surface area contributed by atoms with Gasteiger partial charge >= 0.3 is 0 Å². The summed E-state index contributed by atoms with van der Waals surface area (Å²) in [4.78, 5) is 16.0. The highest BCUT2D eigenvalue weighted by atomic mass is 16.2. The molecule has 2 fully saturated rings. The zero-order chi connectivity index (χ0) is 11.8. The molecule has 1 atom stereocenters. The smallest absolute Gasteiger partial charge is 0.222 e. The fourth-order valence-corrected chi connectivity index (χ4v) is 2.96. The molecular weight excluding hydrogens is 200 g/mol. The molecule has 3 heteroatoms. The average molecular weight is 224 g/mol. The van der Waals surface area contributed by atoms with Gasteiger partial charge in [-0.2, -0.15) is 0 Å². The van der Waals surface area contributed by atoms with Gasteiger partial charge in [-0.25, -0.2) is 0 Å². The van der Waals surface area contributed by atoms with Gasteiger partial charge in [-0.1, -0.05) is 27.2 Å². The highest BCUT2D eigenvalue weighted by Crippen LogP contribution is 2.40. The summed E-state index contributed by atoms with van der Waals surface area (Å²) in [7, 11) is 0. The SMILES string of the molecule is CCC(=O)N1CC2(CN(CC(C)CC)C2)C1. The molecule has 3 nitrogen and oxygen atoms in total. The van der Waals surface area contributed by atoms with Crippen molar-refractivity contribution >= 4 is 5.91 Å². The third-order valence-electron chi connectivity index (χ3n) is 4.09. The number of rotatable bonds is 4. The van der Waals surface area contributed by atoms with E-state index in [2.05, 4.69) is 18.7 Å². The topological polar surface area (TPSA) is 23.6 Å². The normalized spacial score (nSPS) is 25.1.